The highest BCUT2D eigenvalue weighted by molar-refractivity contribution is 5.80. The molecule has 2 atom stereocenters. The molecule has 126 valence electrons. The van der Waals surface area contributed by atoms with Crippen LogP contribution < -0.4 is 10.1 Å². The maximum absolute atomic E-state index is 12.1. The molecule has 0 saturated heterocycles. The van der Waals surface area contributed by atoms with Crippen molar-refractivity contribution in [1.82, 2.24) is 5.32 Å². The van der Waals surface area contributed by atoms with Gasteiger partial charge in [-0.2, -0.15) is 5.26 Å². The molecule has 0 radical (unpaired) electrons. The lowest BCUT2D eigenvalue weighted by Gasteiger charge is -2.25. The first-order valence-electron chi connectivity index (χ1n) is 7.90. The van der Waals surface area contributed by atoms with Gasteiger partial charge in [0, 0.05) is 6.54 Å². The number of rotatable bonds is 8. The molecule has 2 unspecified atom stereocenters. The zero-order valence-corrected chi connectivity index (χ0v) is 14.3. The minimum absolute atomic E-state index is 0.194. The molecule has 0 aliphatic rings. The first kappa shape index (κ1) is 19.0. The summed E-state index contributed by atoms with van der Waals surface area (Å²) in [5, 5.41) is 21.7. The van der Waals surface area contributed by atoms with E-state index in [9.17, 15) is 9.90 Å². The lowest BCUT2D eigenvalue weighted by molar-refractivity contribution is -0.128. The van der Waals surface area contributed by atoms with E-state index in [2.05, 4.69) is 19.2 Å². The molecular weight excluding hydrogens is 292 g/mol. The molecule has 0 fully saturated rings. The summed E-state index contributed by atoms with van der Waals surface area (Å²) in [6.07, 6.45) is 0.861. The van der Waals surface area contributed by atoms with Gasteiger partial charge < -0.3 is 15.2 Å². The number of hydrogen-bond donors (Lipinski definition) is 2. The molecule has 0 heterocycles. The van der Waals surface area contributed by atoms with Crippen molar-refractivity contribution in [3.8, 4) is 11.8 Å². The minimum Gasteiger partial charge on any atom is -0.481 e. The van der Waals surface area contributed by atoms with Crippen molar-refractivity contribution >= 4 is 5.91 Å². The molecule has 0 spiro atoms. The quantitative estimate of drug-likeness (QED) is 0.772. The molecule has 1 aromatic carbocycles. The average molecular weight is 318 g/mol. The van der Waals surface area contributed by atoms with Crippen LogP contribution in [-0.4, -0.2) is 29.3 Å². The van der Waals surface area contributed by atoms with Gasteiger partial charge in [0.15, 0.2) is 6.10 Å². The molecule has 1 rings (SSSR count). The summed E-state index contributed by atoms with van der Waals surface area (Å²) >= 11 is 0. The van der Waals surface area contributed by atoms with Crippen molar-refractivity contribution in [2.45, 2.75) is 52.2 Å². The van der Waals surface area contributed by atoms with Gasteiger partial charge in [0.05, 0.1) is 17.2 Å². The van der Waals surface area contributed by atoms with Gasteiger partial charge in [-0.15, -0.1) is 0 Å². The van der Waals surface area contributed by atoms with Crippen LogP contribution >= 0.6 is 0 Å². The van der Waals surface area contributed by atoms with Crippen molar-refractivity contribution in [2.24, 2.45) is 5.92 Å². The summed E-state index contributed by atoms with van der Waals surface area (Å²) in [5.41, 5.74) is -0.385. The minimum atomic E-state index is -0.923. The first-order chi connectivity index (χ1) is 10.7. The van der Waals surface area contributed by atoms with E-state index in [1.165, 1.54) is 0 Å². The maximum atomic E-state index is 12.1. The number of amides is 1. The van der Waals surface area contributed by atoms with Crippen LogP contribution in [0.4, 0.5) is 0 Å². The number of nitrogens with zero attached hydrogens (tertiary/aromatic N) is 1. The topological polar surface area (TPSA) is 82.3 Å². The standard InChI is InChI=1S/C18H26N2O3/c1-13(2)9-10-18(4,22)12-20-17(21)14(3)23-16-7-5-15(11-19)6-8-16/h5-8,13-14,22H,9-10,12H2,1-4H3,(H,20,21). The summed E-state index contributed by atoms with van der Waals surface area (Å²) in [6.45, 7) is 7.77. The SMILES string of the molecule is CC(C)CCC(C)(O)CNC(=O)C(C)Oc1ccc(C#N)cc1. The Morgan fingerprint density at radius 3 is 2.48 bits per heavy atom. The van der Waals surface area contributed by atoms with Gasteiger partial charge in [-0.25, -0.2) is 0 Å². The van der Waals surface area contributed by atoms with E-state index in [-0.39, 0.29) is 12.5 Å². The van der Waals surface area contributed by atoms with Gasteiger partial charge in [-0.3, -0.25) is 4.79 Å². The van der Waals surface area contributed by atoms with Crippen LogP contribution in [0.25, 0.3) is 0 Å². The van der Waals surface area contributed by atoms with Gasteiger partial charge in [0.1, 0.15) is 5.75 Å². The second-order valence-corrected chi connectivity index (χ2v) is 6.54. The number of aliphatic hydroxyl groups is 1. The third-order valence-electron chi connectivity index (χ3n) is 3.57. The fraction of sp³-hybridized carbons (Fsp3) is 0.556. The summed E-state index contributed by atoms with van der Waals surface area (Å²) in [7, 11) is 0. The highest BCUT2D eigenvalue weighted by Gasteiger charge is 2.23. The molecule has 0 saturated carbocycles. The highest BCUT2D eigenvalue weighted by Crippen LogP contribution is 2.16. The Morgan fingerprint density at radius 2 is 1.96 bits per heavy atom. The maximum Gasteiger partial charge on any atom is 0.260 e. The van der Waals surface area contributed by atoms with Crippen molar-refractivity contribution in [3.05, 3.63) is 29.8 Å². The molecule has 1 amide bonds. The molecule has 23 heavy (non-hydrogen) atoms. The number of nitrogens with one attached hydrogen (secondary N) is 1. The van der Waals surface area contributed by atoms with Gasteiger partial charge in [-0.05, 0) is 56.9 Å². The molecular formula is C18H26N2O3. The van der Waals surface area contributed by atoms with E-state index < -0.39 is 11.7 Å². The van der Waals surface area contributed by atoms with E-state index in [1.807, 2.05) is 6.07 Å². The predicted octanol–water partition coefficient (Wildman–Crippen LogP) is 2.63. The van der Waals surface area contributed by atoms with Crippen molar-refractivity contribution in [1.29, 1.82) is 5.26 Å². The molecule has 1 aromatic rings. The molecule has 2 N–H and O–H groups in total. The molecule has 0 aliphatic heterocycles. The van der Waals surface area contributed by atoms with E-state index in [0.717, 1.165) is 6.42 Å². The van der Waals surface area contributed by atoms with E-state index in [0.29, 0.717) is 23.7 Å². The van der Waals surface area contributed by atoms with Crippen LogP contribution in [0.1, 0.15) is 46.1 Å². The van der Waals surface area contributed by atoms with Crippen molar-refractivity contribution in [2.75, 3.05) is 6.54 Å². The Kier molecular flexibility index (Phi) is 7.05. The number of carbonyl (C=O) groups excluding carboxylic acids is 1. The highest BCUT2D eigenvalue weighted by atomic mass is 16.5. The average Bonchev–Trinajstić information content (AvgIpc) is 2.51. The summed E-state index contributed by atoms with van der Waals surface area (Å²) < 4.78 is 5.54. The van der Waals surface area contributed by atoms with Gasteiger partial charge >= 0.3 is 0 Å². The Hall–Kier alpha value is -2.06. The summed E-state index contributed by atoms with van der Waals surface area (Å²) in [4.78, 5) is 12.1. The van der Waals surface area contributed by atoms with Crippen LogP contribution in [0.15, 0.2) is 24.3 Å². The van der Waals surface area contributed by atoms with Gasteiger partial charge in [0.2, 0.25) is 0 Å². The van der Waals surface area contributed by atoms with Crippen LogP contribution in [0.2, 0.25) is 0 Å². The Morgan fingerprint density at radius 1 is 1.35 bits per heavy atom. The number of nitriles is 1. The summed E-state index contributed by atoms with van der Waals surface area (Å²) in [5.74, 6) is 0.758. The van der Waals surface area contributed by atoms with E-state index in [1.54, 1.807) is 38.1 Å². The Balaban J connectivity index is 2.45. The zero-order chi connectivity index (χ0) is 17.5. The van der Waals surface area contributed by atoms with Crippen LogP contribution in [0.5, 0.6) is 5.75 Å². The lowest BCUT2D eigenvalue weighted by atomic mass is 9.95. The Labute approximate surface area is 138 Å². The summed E-state index contributed by atoms with van der Waals surface area (Å²) in [6, 6.07) is 8.60. The van der Waals surface area contributed by atoms with E-state index >= 15 is 0 Å². The van der Waals surface area contributed by atoms with Crippen LogP contribution in [-0.2, 0) is 4.79 Å². The number of ether oxygens (including phenoxy) is 1. The smallest absolute Gasteiger partial charge is 0.260 e. The fourth-order valence-electron chi connectivity index (χ4n) is 1.97. The number of benzene rings is 1. The molecule has 0 bridgehead atoms. The largest absolute Gasteiger partial charge is 0.481 e. The second-order valence-electron chi connectivity index (χ2n) is 6.54. The monoisotopic (exact) mass is 318 g/mol. The molecule has 0 aromatic heterocycles. The lowest BCUT2D eigenvalue weighted by Crippen LogP contribution is -2.45. The zero-order valence-electron chi connectivity index (χ0n) is 14.3. The Bertz CT molecular complexity index is 544. The van der Waals surface area contributed by atoms with Gasteiger partial charge in [-0.1, -0.05) is 13.8 Å². The molecule has 5 heteroatoms. The molecule has 0 aliphatic carbocycles. The molecule has 5 nitrogen and oxygen atoms in total. The van der Waals surface area contributed by atoms with Crippen LogP contribution in [0.3, 0.4) is 0 Å². The fourth-order valence-corrected chi connectivity index (χ4v) is 1.97. The predicted molar refractivity (Wildman–Crippen MR) is 89.0 cm³/mol. The third kappa shape index (κ3) is 7.16. The first-order valence-corrected chi connectivity index (χ1v) is 7.90. The number of hydrogen-bond acceptors (Lipinski definition) is 4. The van der Waals surface area contributed by atoms with Crippen molar-refractivity contribution < 1.29 is 14.6 Å². The van der Waals surface area contributed by atoms with Gasteiger partial charge in [0.25, 0.3) is 5.91 Å². The third-order valence-corrected chi connectivity index (χ3v) is 3.57. The van der Waals surface area contributed by atoms with E-state index in [4.69, 9.17) is 10.00 Å². The van der Waals surface area contributed by atoms with Crippen LogP contribution in [0, 0.1) is 17.2 Å². The normalized spacial score (nSPS) is 14.7. The van der Waals surface area contributed by atoms with Crippen molar-refractivity contribution in [3.63, 3.8) is 0 Å². The number of carbonyl (C=O) groups is 1. The second kappa shape index (κ2) is 8.54.